The lowest BCUT2D eigenvalue weighted by Gasteiger charge is -2.10. The van der Waals surface area contributed by atoms with Crippen LogP contribution >= 0.6 is 12.2 Å². The minimum atomic E-state index is -0.295. The van der Waals surface area contributed by atoms with Crippen molar-refractivity contribution >= 4 is 28.9 Å². The van der Waals surface area contributed by atoms with Crippen molar-refractivity contribution in [1.82, 2.24) is 10.3 Å². The van der Waals surface area contributed by atoms with Crippen LogP contribution in [-0.2, 0) is 0 Å². The number of nitrogens with one attached hydrogen (secondary N) is 2. The van der Waals surface area contributed by atoms with Gasteiger partial charge in [-0.05, 0) is 55.0 Å². The summed E-state index contributed by atoms with van der Waals surface area (Å²) in [4.78, 5) is 15.9. The molecule has 0 bridgehead atoms. The first-order valence-corrected chi connectivity index (χ1v) is 8.35. The molecule has 2 N–H and O–H groups in total. The standard InChI is InChI=1S/C18H21N3O2S/c1-2-3-4-12-23-16-9-7-15(8-10-16)20-18(24)21-17(22)14-6-5-11-19-13-14/h5-11,13H,2-4,12H2,1H3,(H2,20,21,22,24). The molecule has 2 aromatic rings. The van der Waals surface area contributed by atoms with Crippen LogP contribution in [0.15, 0.2) is 48.8 Å². The molecule has 0 aliphatic carbocycles. The van der Waals surface area contributed by atoms with Crippen LogP contribution in [0.25, 0.3) is 0 Å². The number of nitrogens with zero attached hydrogens (tertiary/aromatic N) is 1. The maximum atomic E-state index is 12.0. The fraction of sp³-hybridized carbons (Fsp3) is 0.278. The van der Waals surface area contributed by atoms with Crippen molar-refractivity contribution < 1.29 is 9.53 Å². The first-order valence-electron chi connectivity index (χ1n) is 7.94. The van der Waals surface area contributed by atoms with Crippen molar-refractivity contribution in [2.45, 2.75) is 26.2 Å². The van der Waals surface area contributed by atoms with Crippen LogP contribution in [0.5, 0.6) is 5.75 Å². The number of hydrogen-bond acceptors (Lipinski definition) is 4. The number of benzene rings is 1. The van der Waals surface area contributed by atoms with Crippen molar-refractivity contribution in [2.24, 2.45) is 0 Å². The van der Waals surface area contributed by atoms with Crippen LogP contribution in [0, 0.1) is 0 Å². The van der Waals surface area contributed by atoms with Gasteiger partial charge in [-0.25, -0.2) is 0 Å². The highest BCUT2D eigenvalue weighted by molar-refractivity contribution is 7.80. The Hall–Kier alpha value is -2.47. The van der Waals surface area contributed by atoms with Crippen LogP contribution in [-0.4, -0.2) is 22.6 Å². The third-order valence-corrected chi connectivity index (χ3v) is 3.48. The van der Waals surface area contributed by atoms with Gasteiger partial charge in [0, 0.05) is 18.1 Å². The highest BCUT2D eigenvalue weighted by Crippen LogP contribution is 2.16. The lowest BCUT2D eigenvalue weighted by Crippen LogP contribution is -2.34. The van der Waals surface area contributed by atoms with Crippen LogP contribution in [0.2, 0.25) is 0 Å². The molecule has 6 heteroatoms. The highest BCUT2D eigenvalue weighted by atomic mass is 32.1. The number of aromatic nitrogens is 1. The maximum absolute atomic E-state index is 12.0. The molecule has 1 aromatic carbocycles. The van der Waals surface area contributed by atoms with Crippen LogP contribution in [0.4, 0.5) is 5.69 Å². The van der Waals surface area contributed by atoms with Gasteiger partial charge >= 0.3 is 0 Å². The van der Waals surface area contributed by atoms with Gasteiger partial charge in [-0.3, -0.25) is 15.1 Å². The minimum Gasteiger partial charge on any atom is -0.494 e. The van der Waals surface area contributed by atoms with Gasteiger partial charge in [0.05, 0.1) is 12.2 Å². The summed E-state index contributed by atoms with van der Waals surface area (Å²) in [5, 5.41) is 5.82. The Morgan fingerprint density at radius 2 is 2.00 bits per heavy atom. The van der Waals surface area contributed by atoms with E-state index >= 15 is 0 Å². The molecular formula is C18H21N3O2S. The Labute approximate surface area is 147 Å². The van der Waals surface area contributed by atoms with Crippen molar-refractivity contribution in [3.05, 3.63) is 54.4 Å². The fourth-order valence-electron chi connectivity index (χ4n) is 2.01. The zero-order valence-electron chi connectivity index (χ0n) is 13.6. The zero-order chi connectivity index (χ0) is 17.2. The number of pyridine rings is 1. The second-order valence-corrected chi connectivity index (χ2v) is 5.64. The van der Waals surface area contributed by atoms with Crippen LogP contribution in [0.3, 0.4) is 0 Å². The van der Waals surface area contributed by atoms with Gasteiger partial charge < -0.3 is 10.1 Å². The number of ether oxygens (including phenoxy) is 1. The molecule has 126 valence electrons. The molecule has 0 saturated carbocycles. The Balaban J connectivity index is 1.80. The Morgan fingerprint density at radius 1 is 1.21 bits per heavy atom. The number of carbonyl (C=O) groups excluding carboxylic acids is 1. The molecule has 0 aliphatic rings. The van der Waals surface area contributed by atoms with E-state index in [0.717, 1.165) is 24.5 Å². The quantitative estimate of drug-likeness (QED) is 0.592. The molecule has 0 unspecified atom stereocenters. The maximum Gasteiger partial charge on any atom is 0.258 e. The average Bonchev–Trinajstić information content (AvgIpc) is 2.61. The minimum absolute atomic E-state index is 0.237. The molecule has 0 fully saturated rings. The fourth-order valence-corrected chi connectivity index (χ4v) is 2.22. The zero-order valence-corrected chi connectivity index (χ0v) is 14.4. The van der Waals surface area contributed by atoms with Crippen molar-refractivity contribution in [2.75, 3.05) is 11.9 Å². The SMILES string of the molecule is CCCCCOc1ccc(NC(=S)NC(=O)c2cccnc2)cc1. The molecule has 2 rings (SSSR count). The summed E-state index contributed by atoms with van der Waals surface area (Å²) in [7, 11) is 0. The smallest absolute Gasteiger partial charge is 0.258 e. The first kappa shape index (κ1) is 17.9. The average molecular weight is 343 g/mol. The summed E-state index contributed by atoms with van der Waals surface area (Å²) in [5.41, 5.74) is 1.24. The molecule has 0 radical (unpaired) electrons. The Morgan fingerprint density at radius 3 is 2.67 bits per heavy atom. The molecular weight excluding hydrogens is 322 g/mol. The summed E-state index contributed by atoms with van der Waals surface area (Å²) < 4.78 is 5.65. The largest absolute Gasteiger partial charge is 0.494 e. The van der Waals surface area contributed by atoms with E-state index in [2.05, 4.69) is 22.5 Å². The molecule has 0 aliphatic heterocycles. The molecule has 0 spiro atoms. The van der Waals surface area contributed by atoms with E-state index in [1.165, 1.54) is 19.0 Å². The first-order chi connectivity index (χ1) is 11.7. The van der Waals surface area contributed by atoms with E-state index in [-0.39, 0.29) is 11.0 Å². The van der Waals surface area contributed by atoms with Crippen molar-refractivity contribution in [3.63, 3.8) is 0 Å². The van der Waals surface area contributed by atoms with E-state index < -0.39 is 0 Å². The predicted octanol–water partition coefficient (Wildman–Crippen LogP) is 3.78. The van der Waals surface area contributed by atoms with Crippen molar-refractivity contribution in [3.8, 4) is 5.75 Å². The van der Waals surface area contributed by atoms with E-state index in [0.29, 0.717) is 5.56 Å². The van der Waals surface area contributed by atoms with Crippen molar-refractivity contribution in [1.29, 1.82) is 0 Å². The van der Waals surface area contributed by atoms with E-state index in [1.807, 2.05) is 24.3 Å². The van der Waals surface area contributed by atoms with Gasteiger partial charge in [-0.2, -0.15) is 0 Å². The summed E-state index contributed by atoms with van der Waals surface area (Å²) in [6.07, 6.45) is 6.50. The van der Waals surface area contributed by atoms with Gasteiger partial charge in [0.25, 0.3) is 5.91 Å². The third kappa shape index (κ3) is 5.96. The monoisotopic (exact) mass is 343 g/mol. The number of thiocarbonyl (C=S) groups is 1. The Kier molecular flexibility index (Phi) is 7.17. The van der Waals surface area contributed by atoms with Crippen LogP contribution < -0.4 is 15.4 Å². The summed E-state index contributed by atoms with van der Waals surface area (Å²) in [6, 6.07) is 10.8. The molecule has 1 aromatic heterocycles. The van der Waals surface area contributed by atoms with Gasteiger partial charge in [0.15, 0.2) is 5.11 Å². The molecule has 0 atom stereocenters. The van der Waals surface area contributed by atoms with Gasteiger partial charge in [-0.1, -0.05) is 19.8 Å². The second-order valence-electron chi connectivity index (χ2n) is 5.23. The third-order valence-electron chi connectivity index (χ3n) is 3.28. The van der Waals surface area contributed by atoms with E-state index in [4.69, 9.17) is 17.0 Å². The van der Waals surface area contributed by atoms with Gasteiger partial charge in [0.2, 0.25) is 0 Å². The summed E-state index contributed by atoms with van der Waals surface area (Å²) in [6.45, 7) is 2.89. The lowest BCUT2D eigenvalue weighted by molar-refractivity contribution is 0.0977. The predicted molar refractivity (Wildman–Crippen MR) is 99.4 cm³/mol. The van der Waals surface area contributed by atoms with E-state index in [1.54, 1.807) is 18.3 Å². The molecule has 1 amide bonds. The molecule has 5 nitrogen and oxygen atoms in total. The summed E-state index contributed by atoms with van der Waals surface area (Å²) >= 11 is 5.15. The molecule has 1 heterocycles. The second kappa shape index (κ2) is 9.62. The number of unbranched alkanes of at least 4 members (excludes halogenated alkanes) is 2. The number of rotatable bonds is 7. The highest BCUT2D eigenvalue weighted by Gasteiger charge is 2.07. The molecule has 24 heavy (non-hydrogen) atoms. The number of amides is 1. The summed E-state index contributed by atoms with van der Waals surface area (Å²) in [5.74, 6) is 0.526. The number of anilines is 1. The Bertz CT molecular complexity index is 660. The topological polar surface area (TPSA) is 63.2 Å². The van der Waals surface area contributed by atoms with Gasteiger partial charge in [-0.15, -0.1) is 0 Å². The van der Waals surface area contributed by atoms with E-state index in [9.17, 15) is 4.79 Å². The molecule has 0 saturated heterocycles. The number of carbonyl (C=O) groups is 1. The van der Waals surface area contributed by atoms with Crippen LogP contribution in [0.1, 0.15) is 36.5 Å². The van der Waals surface area contributed by atoms with Gasteiger partial charge in [0.1, 0.15) is 5.75 Å². The normalized spacial score (nSPS) is 10.0. The number of hydrogen-bond donors (Lipinski definition) is 2. The lowest BCUT2D eigenvalue weighted by atomic mass is 10.2.